The molecule has 2 heterocycles. The summed E-state index contributed by atoms with van der Waals surface area (Å²) in [7, 11) is 0. The van der Waals surface area contributed by atoms with E-state index in [0.717, 1.165) is 18.9 Å². The highest BCUT2D eigenvalue weighted by Gasteiger charge is 2.15. The van der Waals surface area contributed by atoms with Crippen LogP contribution in [0.4, 0.5) is 0 Å². The minimum Gasteiger partial charge on any atom is -0.334 e. The Kier molecular flexibility index (Phi) is 5.64. The molecule has 0 aromatic carbocycles. The Hall–Kier alpha value is -0.830. The predicted molar refractivity (Wildman–Crippen MR) is 85.0 cm³/mol. The fraction of sp³-hybridized carbons (Fsp3) is 0.824. The Balaban J connectivity index is 1.79. The van der Waals surface area contributed by atoms with Gasteiger partial charge in [0.05, 0.1) is 12.0 Å². The van der Waals surface area contributed by atoms with Crippen molar-refractivity contribution in [2.24, 2.45) is 11.8 Å². The number of rotatable bonds is 7. The van der Waals surface area contributed by atoms with E-state index in [9.17, 15) is 0 Å². The molecule has 1 fully saturated rings. The smallest absolute Gasteiger partial charge is 0.0951 e. The summed E-state index contributed by atoms with van der Waals surface area (Å²) >= 11 is 0. The summed E-state index contributed by atoms with van der Waals surface area (Å²) in [6, 6.07) is 0. The Bertz CT molecular complexity index is 402. The Labute approximate surface area is 124 Å². The fourth-order valence-corrected chi connectivity index (χ4v) is 3.19. The van der Waals surface area contributed by atoms with Crippen LogP contribution in [-0.2, 0) is 13.0 Å². The van der Waals surface area contributed by atoms with Gasteiger partial charge in [-0.3, -0.25) is 0 Å². The minimum atomic E-state index is 0.685. The molecular weight excluding hydrogens is 246 g/mol. The van der Waals surface area contributed by atoms with Crippen LogP contribution in [0.2, 0.25) is 0 Å². The zero-order valence-corrected chi connectivity index (χ0v) is 13.7. The van der Waals surface area contributed by atoms with Crippen LogP contribution in [0.25, 0.3) is 0 Å². The third-order valence-corrected chi connectivity index (χ3v) is 4.41. The quantitative estimate of drug-likeness (QED) is 0.760. The van der Waals surface area contributed by atoms with Gasteiger partial charge in [-0.1, -0.05) is 20.8 Å². The van der Waals surface area contributed by atoms with Crippen molar-refractivity contribution < 1.29 is 0 Å². The zero-order chi connectivity index (χ0) is 14.5. The van der Waals surface area contributed by atoms with Crippen molar-refractivity contribution in [3.8, 4) is 0 Å². The molecule has 1 unspecified atom stereocenters. The van der Waals surface area contributed by atoms with E-state index in [2.05, 4.69) is 42.1 Å². The fourth-order valence-electron chi connectivity index (χ4n) is 3.19. The predicted octanol–water partition coefficient (Wildman–Crippen LogP) is 3.51. The third kappa shape index (κ3) is 4.34. The van der Waals surface area contributed by atoms with Gasteiger partial charge < -0.3 is 9.47 Å². The van der Waals surface area contributed by atoms with E-state index < -0.39 is 0 Å². The molecule has 1 aromatic heterocycles. The molecule has 20 heavy (non-hydrogen) atoms. The van der Waals surface area contributed by atoms with Crippen LogP contribution in [0.5, 0.6) is 0 Å². The largest absolute Gasteiger partial charge is 0.334 e. The highest BCUT2D eigenvalue weighted by molar-refractivity contribution is 5.11. The zero-order valence-electron chi connectivity index (χ0n) is 13.7. The first-order valence-corrected chi connectivity index (χ1v) is 8.29. The van der Waals surface area contributed by atoms with E-state index in [0.29, 0.717) is 5.92 Å². The first kappa shape index (κ1) is 15.6. The topological polar surface area (TPSA) is 21.1 Å². The summed E-state index contributed by atoms with van der Waals surface area (Å²) in [5.41, 5.74) is 2.67. The maximum absolute atomic E-state index is 4.62. The highest BCUT2D eigenvalue weighted by atomic mass is 15.1. The second kappa shape index (κ2) is 7.26. The lowest BCUT2D eigenvalue weighted by atomic mass is 10.0. The van der Waals surface area contributed by atoms with Gasteiger partial charge >= 0.3 is 0 Å². The molecule has 1 atom stereocenters. The van der Waals surface area contributed by atoms with E-state index >= 15 is 0 Å². The summed E-state index contributed by atoms with van der Waals surface area (Å²) in [5.74, 6) is 1.47. The molecule has 1 aliphatic rings. The number of likely N-dealkylation sites (tertiary alicyclic amines) is 1. The van der Waals surface area contributed by atoms with Crippen LogP contribution in [0.1, 0.15) is 51.4 Å². The lowest BCUT2D eigenvalue weighted by molar-refractivity contribution is 0.280. The second-order valence-electron chi connectivity index (χ2n) is 6.97. The third-order valence-electron chi connectivity index (χ3n) is 4.41. The summed E-state index contributed by atoms with van der Waals surface area (Å²) in [6.07, 6.45) is 7.20. The maximum atomic E-state index is 4.62. The van der Waals surface area contributed by atoms with Gasteiger partial charge in [-0.2, -0.15) is 0 Å². The van der Waals surface area contributed by atoms with Crippen LogP contribution < -0.4 is 0 Å². The van der Waals surface area contributed by atoms with Crippen LogP contribution in [0.3, 0.4) is 0 Å². The molecule has 0 aliphatic carbocycles. The van der Waals surface area contributed by atoms with Crippen molar-refractivity contribution in [1.82, 2.24) is 14.5 Å². The van der Waals surface area contributed by atoms with Gasteiger partial charge in [-0.15, -0.1) is 0 Å². The van der Waals surface area contributed by atoms with Gasteiger partial charge in [0.15, 0.2) is 0 Å². The Morgan fingerprint density at radius 2 is 1.85 bits per heavy atom. The summed E-state index contributed by atoms with van der Waals surface area (Å²) < 4.78 is 2.31. The Morgan fingerprint density at radius 1 is 1.15 bits per heavy atom. The van der Waals surface area contributed by atoms with Crippen LogP contribution in [-0.4, -0.2) is 34.1 Å². The van der Waals surface area contributed by atoms with Crippen LogP contribution >= 0.6 is 0 Å². The standard InChI is InChI=1S/C17H31N3/c1-14(2)11-20-13-18-17(16(20)4)8-7-15(3)12-19-9-5-6-10-19/h13-15H,5-12H2,1-4H3. The highest BCUT2D eigenvalue weighted by Crippen LogP contribution is 2.16. The second-order valence-corrected chi connectivity index (χ2v) is 6.97. The molecule has 0 spiro atoms. The molecule has 0 N–H and O–H groups in total. The molecule has 2 rings (SSSR count). The molecule has 0 radical (unpaired) electrons. The number of hydrogen-bond acceptors (Lipinski definition) is 2. The molecule has 3 nitrogen and oxygen atoms in total. The first-order valence-electron chi connectivity index (χ1n) is 8.29. The molecule has 1 aromatic rings. The van der Waals surface area contributed by atoms with Gasteiger partial charge in [0, 0.05) is 18.8 Å². The Morgan fingerprint density at radius 3 is 2.50 bits per heavy atom. The SMILES string of the molecule is Cc1c(CCC(C)CN2CCCC2)ncn1CC(C)C. The molecule has 3 heteroatoms. The van der Waals surface area contributed by atoms with E-state index in [1.165, 1.54) is 50.3 Å². The molecule has 0 bridgehead atoms. The number of hydrogen-bond donors (Lipinski definition) is 0. The average molecular weight is 277 g/mol. The molecule has 0 amide bonds. The van der Waals surface area contributed by atoms with Crippen molar-refractivity contribution in [1.29, 1.82) is 0 Å². The molecule has 1 saturated heterocycles. The summed E-state index contributed by atoms with van der Waals surface area (Å²) in [4.78, 5) is 7.24. The monoisotopic (exact) mass is 277 g/mol. The van der Waals surface area contributed by atoms with Gasteiger partial charge in [-0.25, -0.2) is 4.98 Å². The lowest BCUT2D eigenvalue weighted by Crippen LogP contribution is -2.25. The summed E-state index contributed by atoms with van der Waals surface area (Å²) in [6.45, 7) is 14.1. The van der Waals surface area contributed by atoms with Gasteiger partial charge in [0.2, 0.25) is 0 Å². The summed E-state index contributed by atoms with van der Waals surface area (Å²) in [5, 5.41) is 0. The first-order chi connectivity index (χ1) is 9.56. The van der Waals surface area contributed by atoms with Crippen LogP contribution in [0, 0.1) is 18.8 Å². The molecule has 0 saturated carbocycles. The number of aryl methyl sites for hydroxylation is 1. The van der Waals surface area contributed by atoms with Crippen molar-refractivity contribution in [2.45, 2.75) is 59.9 Å². The van der Waals surface area contributed by atoms with Crippen molar-refractivity contribution in [3.05, 3.63) is 17.7 Å². The lowest BCUT2D eigenvalue weighted by Gasteiger charge is -2.19. The van der Waals surface area contributed by atoms with Gasteiger partial charge in [0.1, 0.15) is 0 Å². The minimum absolute atomic E-state index is 0.685. The normalized spacial score (nSPS) is 18.1. The molecule has 1 aliphatic heterocycles. The number of imidazole rings is 1. The van der Waals surface area contributed by atoms with Gasteiger partial charge in [0.25, 0.3) is 0 Å². The van der Waals surface area contributed by atoms with Crippen molar-refractivity contribution in [2.75, 3.05) is 19.6 Å². The van der Waals surface area contributed by atoms with E-state index in [1.807, 2.05) is 6.33 Å². The average Bonchev–Trinajstić information content (AvgIpc) is 2.99. The van der Waals surface area contributed by atoms with E-state index in [4.69, 9.17) is 0 Å². The van der Waals surface area contributed by atoms with Crippen molar-refractivity contribution >= 4 is 0 Å². The molecule has 114 valence electrons. The maximum Gasteiger partial charge on any atom is 0.0951 e. The van der Waals surface area contributed by atoms with E-state index in [1.54, 1.807) is 0 Å². The number of aromatic nitrogens is 2. The number of nitrogens with zero attached hydrogens (tertiary/aromatic N) is 3. The van der Waals surface area contributed by atoms with Crippen LogP contribution in [0.15, 0.2) is 6.33 Å². The van der Waals surface area contributed by atoms with E-state index in [-0.39, 0.29) is 0 Å². The van der Waals surface area contributed by atoms with Gasteiger partial charge in [-0.05, 0) is 57.5 Å². The van der Waals surface area contributed by atoms with Crippen molar-refractivity contribution in [3.63, 3.8) is 0 Å². The molecular formula is C17H31N3.